The smallest absolute Gasteiger partial charge is 0.0931 e. The highest BCUT2D eigenvalue weighted by molar-refractivity contribution is 7.14. The Balaban J connectivity index is 2.46. The van der Waals surface area contributed by atoms with Gasteiger partial charge in [0.1, 0.15) is 0 Å². The molecule has 0 spiro atoms. The van der Waals surface area contributed by atoms with E-state index in [0.29, 0.717) is 12.1 Å². The zero-order valence-electron chi connectivity index (χ0n) is 12.0. The van der Waals surface area contributed by atoms with Crippen LogP contribution in [0.1, 0.15) is 38.8 Å². The summed E-state index contributed by atoms with van der Waals surface area (Å²) in [5.41, 5.74) is 1.28. The van der Waals surface area contributed by atoms with Crippen LogP contribution in [0.2, 0.25) is 4.34 Å². The molecule has 0 bridgehead atoms. The summed E-state index contributed by atoms with van der Waals surface area (Å²) in [7, 11) is 4.31. The Morgan fingerprint density at radius 1 is 1.33 bits per heavy atom. The van der Waals surface area contributed by atoms with Crippen molar-refractivity contribution in [2.45, 2.75) is 39.3 Å². The maximum absolute atomic E-state index is 5.97. The van der Waals surface area contributed by atoms with Gasteiger partial charge in [0.25, 0.3) is 0 Å². The van der Waals surface area contributed by atoms with Crippen molar-refractivity contribution in [2.75, 3.05) is 20.6 Å². The van der Waals surface area contributed by atoms with Crippen LogP contribution in [0.25, 0.3) is 0 Å². The van der Waals surface area contributed by atoms with Crippen molar-refractivity contribution in [3.8, 4) is 0 Å². The number of likely N-dealkylation sites (N-methyl/N-ethyl adjacent to an activating group) is 1. The number of hydrogen-bond donors (Lipinski definition) is 1. The fraction of sp³-hybridized carbons (Fsp3) is 0.714. The van der Waals surface area contributed by atoms with Gasteiger partial charge >= 0.3 is 0 Å². The summed E-state index contributed by atoms with van der Waals surface area (Å²) >= 11 is 7.57. The van der Waals surface area contributed by atoms with E-state index in [2.05, 4.69) is 56.5 Å². The third kappa shape index (κ3) is 5.27. The molecule has 0 aliphatic rings. The Labute approximate surface area is 120 Å². The maximum Gasteiger partial charge on any atom is 0.0931 e. The molecular weight excluding hydrogens is 264 g/mol. The third-order valence-electron chi connectivity index (χ3n) is 3.22. The number of nitrogens with one attached hydrogen (secondary N) is 1. The van der Waals surface area contributed by atoms with Crippen LogP contribution in [0, 0.1) is 5.92 Å². The van der Waals surface area contributed by atoms with Gasteiger partial charge in [-0.15, -0.1) is 11.3 Å². The second-order valence-corrected chi connectivity index (χ2v) is 7.10. The molecule has 0 fully saturated rings. The van der Waals surface area contributed by atoms with Crippen LogP contribution in [-0.2, 0) is 0 Å². The molecule has 0 radical (unpaired) electrons. The summed E-state index contributed by atoms with van der Waals surface area (Å²) in [6.07, 6.45) is 1.22. The molecule has 2 atom stereocenters. The van der Waals surface area contributed by atoms with E-state index < -0.39 is 0 Å². The molecule has 0 aromatic carbocycles. The molecule has 18 heavy (non-hydrogen) atoms. The Hall–Kier alpha value is -0.0900. The number of halogens is 1. The van der Waals surface area contributed by atoms with Crippen molar-refractivity contribution in [1.82, 2.24) is 10.2 Å². The van der Waals surface area contributed by atoms with Gasteiger partial charge in [0.05, 0.1) is 4.34 Å². The summed E-state index contributed by atoms with van der Waals surface area (Å²) in [6, 6.07) is 3.00. The number of thiophene rings is 1. The van der Waals surface area contributed by atoms with Crippen LogP contribution in [0.15, 0.2) is 11.4 Å². The van der Waals surface area contributed by atoms with Crippen molar-refractivity contribution >= 4 is 22.9 Å². The first-order valence-corrected chi connectivity index (χ1v) is 7.79. The number of nitrogens with zero attached hydrogens (tertiary/aromatic N) is 1. The fourth-order valence-corrected chi connectivity index (χ4v) is 2.99. The minimum Gasteiger partial charge on any atom is -0.309 e. The van der Waals surface area contributed by atoms with E-state index >= 15 is 0 Å². The van der Waals surface area contributed by atoms with E-state index in [0.717, 1.165) is 16.8 Å². The summed E-state index contributed by atoms with van der Waals surface area (Å²) in [5, 5.41) is 5.74. The first kappa shape index (κ1) is 16.0. The lowest BCUT2D eigenvalue weighted by molar-refractivity contribution is 0.242. The van der Waals surface area contributed by atoms with Gasteiger partial charge in [-0.3, -0.25) is 0 Å². The van der Waals surface area contributed by atoms with Gasteiger partial charge in [-0.25, -0.2) is 0 Å². The molecule has 1 N–H and O–H groups in total. The lowest BCUT2D eigenvalue weighted by Gasteiger charge is -2.27. The molecule has 0 saturated heterocycles. The van der Waals surface area contributed by atoms with Gasteiger partial charge in [-0.2, -0.15) is 0 Å². The van der Waals surface area contributed by atoms with Crippen LogP contribution in [0.3, 0.4) is 0 Å². The van der Waals surface area contributed by atoms with Crippen LogP contribution in [-0.4, -0.2) is 31.6 Å². The van der Waals surface area contributed by atoms with Crippen LogP contribution >= 0.6 is 22.9 Å². The van der Waals surface area contributed by atoms with Crippen molar-refractivity contribution in [2.24, 2.45) is 5.92 Å². The molecule has 0 saturated carbocycles. The van der Waals surface area contributed by atoms with Crippen LogP contribution < -0.4 is 5.32 Å². The first-order valence-electron chi connectivity index (χ1n) is 6.54. The maximum atomic E-state index is 5.97. The summed E-state index contributed by atoms with van der Waals surface area (Å²) in [6.45, 7) is 7.76. The average molecular weight is 289 g/mol. The molecule has 1 aromatic heterocycles. The van der Waals surface area contributed by atoms with E-state index in [1.807, 2.05) is 0 Å². The van der Waals surface area contributed by atoms with E-state index in [4.69, 9.17) is 11.6 Å². The summed E-state index contributed by atoms with van der Waals surface area (Å²) in [5.74, 6) is 0.727. The van der Waals surface area contributed by atoms with Gasteiger partial charge in [-0.1, -0.05) is 25.4 Å². The zero-order valence-corrected chi connectivity index (χ0v) is 13.6. The predicted molar refractivity (Wildman–Crippen MR) is 82.7 cm³/mol. The molecule has 1 heterocycles. The lowest BCUT2D eigenvalue weighted by Crippen LogP contribution is -2.39. The first-order chi connectivity index (χ1) is 8.40. The van der Waals surface area contributed by atoms with Crippen LogP contribution in [0.4, 0.5) is 0 Å². The zero-order chi connectivity index (χ0) is 13.7. The molecule has 1 rings (SSSR count). The highest BCUT2D eigenvalue weighted by Gasteiger charge is 2.15. The Morgan fingerprint density at radius 3 is 2.44 bits per heavy atom. The van der Waals surface area contributed by atoms with Gasteiger partial charge in [0.15, 0.2) is 0 Å². The number of hydrogen-bond acceptors (Lipinski definition) is 3. The minimum atomic E-state index is 0.364. The molecule has 0 amide bonds. The third-order valence-corrected chi connectivity index (χ3v) is 4.33. The van der Waals surface area contributed by atoms with Gasteiger partial charge in [0, 0.05) is 18.6 Å². The van der Waals surface area contributed by atoms with Gasteiger partial charge in [-0.05, 0) is 50.4 Å². The summed E-state index contributed by atoms with van der Waals surface area (Å²) < 4.78 is 0.866. The standard InChI is InChI=1S/C14H25ClN2S/c1-10(2)6-13(17(4)5)8-16-11(3)12-7-14(15)18-9-12/h7,9-11,13,16H,6,8H2,1-5H3. The molecule has 0 aliphatic carbocycles. The Morgan fingerprint density at radius 2 is 2.00 bits per heavy atom. The molecule has 104 valence electrons. The van der Waals surface area contributed by atoms with E-state index in [1.54, 1.807) is 11.3 Å². The van der Waals surface area contributed by atoms with Gasteiger partial charge < -0.3 is 10.2 Å². The molecule has 1 aromatic rings. The Kier molecular flexibility index (Phi) is 6.64. The second kappa shape index (κ2) is 7.49. The topological polar surface area (TPSA) is 15.3 Å². The number of rotatable bonds is 7. The van der Waals surface area contributed by atoms with Gasteiger partial charge in [0.2, 0.25) is 0 Å². The highest BCUT2D eigenvalue weighted by atomic mass is 35.5. The summed E-state index contributed by atoms with van der Waals surface area (Å²) in [4.78, 5) is 2.31. The lowest BCUT2D eigenvalue weighted by atomic mass is 10.0. The minimum absolute atomic E-state index is 0.364. The largest absolute Gasteiger partial charge is 0.309 e. The second-order valence-electron chi connectivity index (χ2n) is 5.56. The van der Waals surface area contributed by atoms with Crippen molar-refractivity contribution in [1.29, 1.82) is 0 Å². The van der Waals surface area contributed by atoms with Crippen molar-refractivity contribution in [3.05, 3.63) is 21.3 Å². The Bertz CT molecular complexity index is 349. The van der Waals surface area contributed by atoms with E-state index in [-0.39, 0.29) is 0 Å². The molecule has 0 aliphatic heterocycles. The molecule has 2 nitrogen and oxygen atoms in total. The average Bonchev–Trinajstić information content (AvgIpc) is 2.69. The predicted octanol–water partition coefficient (Wildman–Crippen LogP) is 4.03. The monoisotopic (exact) mass is 288 g/mol. The van der Waals surface area contributed by atoms with E-state index in [9.17, 15) is 0 Å². The fourth-order valence-electron chi connectivity index (χ4n) is 2.00. The molecule has 2 unspecified atom stereocenters. The molecular formula is C14H25ClN2S. The van der Waals surface area contributed by atoms with Crippen molar-refractivity contribution in [3.63, 3.8) is 0 Å². The normalized spacial score (nSPS) is 15.3. The van der Waals surface area contributed by atoms with E-state index in [1.165, 1.54) is 12.0 Å². The van der Waals surface area contributed by atoms with Crippen molar-refractivity contribution < 1.29 is 0 Å². The highest BCUT2D eigenvalue weighted by Crippen LogP contribution is 2.24. The molecule has 4 heteroatoms. The SMILES string of the molecule is CC(C)CC(CNC(C)c1csc(Cl)c1)N(C)C. The van der Waals surface area contributed by atoms with Crippen LogP contribution in [0.5, 0.6) is 0 Å². The quantitative estimate of drug-likeness (QED) is 0.815.